The molecule has 1 N–H and O–H groups in total. The summed E-state index contributed by atoms with van der Waals surface area (Å²) in [5.41, 5.74) is 1.92. The molecule has 2 heterocycles. The lowest BCUT2D eigenvalue weighted by Gasteiger charge is -2.09. The summed E-state index contributed by atoms with van der Waals surface area (Å²) in [5.74, 6) is 0.663. The number of amides is 1. The van der Waals surface area contributed by atoms with Crippen molar-refractivity contribution in [2.24, 2.45) is 0 Å². The van der Waals surface area contributed by atoms with Gasteiger partial charge in [-0.2, -0.15) is 0 Å². The molecule has 2 aromatic heterocycles. The van der Waals surface area contributed by atoms with Crippen molar-refractivity contribution >= 4 is 35.1 Å². The van der Waals surface area contributed by atoms with E-state index in [0.717, 1.165) is 11.1 Å². The molecule has 0 fully saturated rings. The summed E-state index contributed by atoms with van der Waals surface area (Å²) in [7, 11) is 0. The van der Waals surface area contributed by atoms with Crippen LogP contribution in [0.15, 0.2) is 52.2 Å². The molecule has 0 aliphatic carbocycles. The van der Waals surface area contributed by atoms with Crippen molar-refractivity contribution < 1.29 is 9.21 Å². The number of anilines is 1. The molecular formula is C17H15ClN4O2S. The van der Waals surface area contributed by atoms with Gasteiger partial charge in [0.25, 0.3) is 5.22 Å². The molecule has 0 bridgehead atoms. The largest absolute Gasteiger partial charge is 0.411 e. The molecule has 3 rings (SSSR count). The van der Waals surface area contributed by atoms with Gasteiger partial charge in [-0.05, 0) is 37.6 Å². The number of benzene rings is 1. The first-order valence-electron chi connectivity index (χ1n) is 7.51. The molecule has 128 valence electrons. The normalized spacial score (nSPS) is 12.0. The van der Waals surface area contributed by atoms with Crippen molar-refractivity contribution in [2.45, 2.75) is 24.3 Å². The van der Waals surface area contributed by atoms with E-state index in [-0.39, 0.29) is 5.91 Å². The van der Waals surface area contributed by atoms with Gasteiger partial charge in [0.15, 0.2) is 0 Å². The molecule has 0 radical (unpaired) electrons. The molecule has 6 nitrogen and oxygen atoms in total. The highest BCUT2D eigenvalue weighted by Gasteiger charge is 2.19. The number of nitrogens with one attached hydrogen (secondary N) is 1. The number of nitrogens with zero attached hydrogens (tertiary/aromatic N) is 3. The number of rotatable bonds is 5. The van der Waals surface area contributed by atoms with Crippen molar-refractivity contribution in [1.29, 1.82) is 0 Å². The van der Waals surface area contributed by atoms with Crippen LogP contribution < -0.4 is 5.32 Å². The molecule has 25 heavy (non-hydrogen) atoms. The molecule has 3 aromatic rings. The number of halogens is 1. The van der Waals surface area contributed by atoms with Crippen molar-refractivity contribution in [3.05, 3.63) is 53.2 Å². The Morgan fingerprint density at radius 1 is 1.24 bits per heavy atom. The maximum absolute atomic E-state index is 12.2. The van der Waals surface area contributed by atoms with Crippen molar-refractivity contribution in [3.8, 4) is 11.5 Å². The van der Waals surface area contributed by atoms with Crippen molar-refractivity contribution in [3.63, 3.8) is 0 Å². The molecular weight excluding hydrogens is 360 g/mol. The summed E-state index contributed by atoms with van der Waals surface area (Å²) in [4.78, 5) is 16.3. The topological polar surface area (TPSA) is 80.9 Å². The van der Waals surface area contributed by atoms with Gasteiger partial charge in [0, 0.05) is 11.8 Å². The van der Waals surface area contributed by atoms with Crippen LogP contribution in [0.25, 0.3) is 11.5 Å². The third-order valence-corrected chi connectivity index (χ3v) is 4.57. The Kier molecular flexibility index (Phi) is 5.35. The van der Waals surface area contributed by atoms with Crippen LogP contribution in [-0.4, -0.2) is 26.3 Å². The summed E-state index contributed by atoms with van der Waals surface area (Å²) in [6.45, 7) is 3.73. The lowest BCUT2D eigenvalue weighted by molar-refractivity contribution is -0.115. The fraction of sp³-hybridized carbons (Fsp3) is 0.176. The molecule has 1 aromatic carbocycles. The molecule has 0 aliphatic rings. The van der Waals surface area contributed by atoms with Gasteiger partial charge in [-0.15, -0.1) is 10.2 Å². The van der Waals surface area contributed by atoms with Gasteiger partial charge in [0.1, 0.15) is 5.82 Å². The first-order chi connectivity index (χ1) is 12.0. The van der Waals surface area contributed by atoms with E-state index in [1.807, 2.05) is 31.2 Å². The van der Waals surface area contributed by atoms with E-state index >= 15 is 0 Å². The molecule has 0 spiro atoms. The van der Waals surface area contributed by atoms with Gasteiger partial charge in [-0.25, -0.2) is 4.98 Å². The van der Waals surface area contributed by atoms with E-state index in [4.69, 9.17) is 16.0 Å². The van der Waals surface area contributed by atoms with Gasteiger partial charge in [0.2, 0.25) is 11.8 Å². The third-order valence-electron chi connectivity index (χ3n) is 3.41. The Labute approximate surface area is 154 Å². The quantitative estimate of drug-likeness (QED) is 0.673. The van der Waals surface area contributed by atoms with Crippen LogP contribution in [0.3, 0.4) is 0 Å². The second-order valence-corrected chi connectivity index (χ2v) is 7.03. The van der Waals surface area contributed by atoms with Crippen molar-refractivity contribution in [2.75, 3.05) is 5.32 Å². The number of aromatic nitrogens is 3. The van der Waals surface area contributed by atoms with E-state index in [1.165, 1.54) is 18.0 Å². The molecule has 8 heteroatoms. The Bertz CT molecular complexity index is 882. The van der Waals surface area contributed by atoms with Gasteiger partial charge >= 0.3 is 0 Å². The Hall–Kier alpha value is -2.38. The van der Waals surface area contributed by atoms with Crippen molar-refractivity contribution in [1.82, 2.24) is 15.2 Å². The molecule has 0 saturated carbocycles. The average molecular weight is 375 g/mol. The first-order valence-corrected chi connectivity index (χ1v) is 8.77. The Balaban J connectivity index is 1.65. The molecule has 1 atom stereocenters. The smallest absolute Gasteiger partial charge is 0.277 e. The number of aryl methyl sites for hydroxylation is 1. The first kappa shape index (κ1) is 17.4. The van der Waals surface area contributed by atoms with Gasteiger partial charge in [-0.1, -0.05) is 41.6 Å². The van der Waals surface area contributed by atoms with Gasteiger partial charge in [-0.3, -0.25) is 4.79 Å². The summed E-state index contributed by atoms with van der Waals surface area (Å²) in [6.07, 6.45) is 1.47. The average Bonchev–Trinajstić information content (AvgIpc) is 3.05. The second-order valence-electron chi connectivity index (χ2n) is 5.30. The monoisotopic (exact) mass is 374 g/mol. The summed E-state index contributed by atoms with van der Waals surface area (Å²) in [6, 6.07) is 11.0. The van der Waals surface area contributed by atoms with E-state index in [1.54, 1.807) is 19.1 Å². The van der Waals surface area contributed by atoms with Gasteiger partial charge in [0.05, 0.1) is 10.3 Å². The predicted molar refractivity (Wildman–Crippen MR) is 97.7 cm³/mol. The summed E-state index contributed by atoms with van der Waals surface area (Å²) >= 11 is 6.96. The number of hydrogen-bond donors (Lipinski definition) is 1. The predicted octanol–water partition coefficient (Wildman–Crippen LogP) is 4.21. The van der Waals surface area contributed by atoms with Crippen LogP contribution >= 0.6 is 23.4 Å². The lowest BCUT2D eigenvalue weighted by atomic mass is 10.1. The second kappa shape index (κ2) is 7.67. The zero-order chi connectivity index (χ0) is 17.8. The van der Waals surface area contributed by atoms with Gasteiger partial charge < -0.3 is 9.73 Å². The summed E-state index contributed by atoms with van der Waals surface area (Å²) < 4.78 is 5.66. The lowest BCUT2D eigenvalue weighted by Crippen LogP contribution is -2.22. The van der Waals surface area contributed by atoms with Crippen LogP contribution in [0.2, 0.25) is 5.02 Å². The standard InChI is InChI=1S/C17H15ClN4O2S/c1-10-5-3-4-6-13(10)16-21-22-17(24-16)25-11(2)15(23)20-14-8-7-12(18)9-19-14/h3-9,11H,1-2H3,(H,19,20,23)/t11-/m0/s1. The minimum atomic E-state index is -0.428. The van der Waals surface area contributed by atoms with Crippen LogP contribution in [0.1, 0.15) is 12.5 Å². The SMILES string of the molecule is Cc1ccccc1-c1nnc(S[C@@H](C)C(=O)Nc2ccc(Cl)cn2)o1. The zero-order valence-corrected chi connectivity index (χ0v) is 15.1. The zero-order valence-electron chi connectivity index (χ0n) is 13.6. The number of carbonyl (C=O) groups is 1. The number of hydrogen-bond acceptors (Lipinski definition) is 6. The van der Waals surface area contributed by atoms with E-state index in [0.29, 0.717) is 22.0 Å². The molecule has 0 unspecified atom stereocenters. The number of carbonyl (C=O) groups excluding carboxylic acids is 1. The maximum Gasteiger partial charge on any atom is 0.277 e. The Morgan fingerprint density at radius 3 is 2.76 bits per heavy atom. The minimum Gasteiger partial charge on any atom is -0.411 e. The van der Waals surface area contributed by atoms with Crippen LogP contribution in [-0.2, 0) is 4.79 Å². The minimum absolute atomic E-state index is 0.213. The number of thioether (sulfide) groups is 1. The molecule has 0 saturated heterocycles. The van der Waals surface area contributed by atoms with E-state index in [2.05, 4.69) is 20.5 Å². The van der Waals surface area contributed by atoms with E-state index in [9.17, 15) is 4.79 Å². The summed E-state index contributed by atoms with van der Waals surface area (Å²) in [5, 5.41) is 11.2. The van der Waals surface area contributed by atoms with Crippen LogP contribution in [0, 0.1) is 6.92 Å². The third kappa shape index (κ3) is 4.37. The Morgan fingerprint density at radius 2 is 2.04 bits per heavy atom. The van der Waals surface area contributed by atoms with Crippen LogP contribution in [0.4, 0.5) is 5.82 Å². The highest BCUT2D eigenvalue weighted by atomic mass is 35.5. The number of pyridine rings is 1. The van der Waals surface area contributed by atoms with Crippen LogP contribution in [0.5, 0.6) is 0 Å². The molecule has 0 aliphatic heterocycles. The fourth-order valence-corrected chi connectivity index (χ4v) is 2.86. The fourth-order valence-electron chi connectivity index (χ4n) is 2.06. The highest BCUT2D eigenvalue weighted by Crippen LogP contribution is 2.28. The van der Waals surface area contributed by atoms with E-state index < -0.39 is 5.25 Å². The maximum atomic E-state index is 12.2. The molecule has 1 amide bonds. The highest BCUT2D eigenvalue weighted by molar-refractivity contribution is 8.00.